The van der Waals surface area contributed by atoms with Gasteiger partial charge in [0, 0.05) is 55.6 Å². The van der Waals surface area contributed by atoms with Crippen LogP contribution < -0.4 is 4.65 Å². The normalized spacial score (nSPS) is 11.4. The number of hydrogen-bond acceptors (Lipinski definition) is 4. The van der Waals surface area contributed by atoms with E-state index in [9.17, 15) is 5.02 Å². The maximum absolute atomic E-state index is 9.43. The third-order valence-corrected chi connectivity index (χ3v) is 22.9. The number of benzene rings is 18. The monoisotopic (exact) mass is 1400 g/mol. The van der Waals surface area contributed by atoms with Crippen molar-refractivity contribution in [3.63, 3.8) is 0 Å². The van der Waals surface area contributed by atoms with Crippen LogP contribution in [0.5, 0.6) is 5.75 Å². The topological polar surface area (TPSA) is 29.5 Å². The van der Waals surface area contributed by atoms with E-state index in [0.717, 1.165) is 44.8 Å². The Morgan fingerprint density at radius 3 is 0.961 bits per heavy atom. The van der Waals surface area contributed by atoms with E-state index in [1.165, 1.54) is 150 Å². The number of rotatable bonds is 9. The number of hydrogen-bond donors (Lipinski definition) is 1. The Morgan fingerprint density at radius 1 is 0.235 bits per heavy atom. The van der Waals surface area contributed by atoms with E-state index in [4.69, 9.17) is 4.65 Å². The fraction of sp³-hybridized carbons (Fsp3) is 0. The molecule has 0 aliphatic carbocycles. The van der Waals surface area contributed by atoms with Gasteiger partial charge in [0.2, 0.25) is 0 Å². The zero-order valence-electron chi connectivity index (χ0n) is 55.3. The lowest BCUT2D eigenvalue weighted by molar-refractivity contribution is 0.459. The van der Waals surface area contributed by atoms with Gasteiger partial charge in [-0.2, -0.15) is 0 Å². The van der Waals surface area contributed by atoms with Crippen LogP contribution in [0.3, 0.4) is 0 Å². The first kappa shape index (κ1) is 62.5. The van der Waals surface area contributed by atoms with E-state index in [1.807, 2.05) is 59.1 Å². The van der Waals surface area contributed by atoms with Crippen LogP contribution >= 0.6 is 38.6 Å². The lowest BCUT2D eigenvalue weighted by atomic mass is 9.85. The Kier molecular flexibility index (Phi) is 16.6. The molecule has 6 heteroatoms. The molecule has 0 fully saturated rings. The molecule has 0 aliphatic rings. The van der Waals surface area contributed by atoms with Gasteiger partial charge < -0.3 is 9.68 Å². The first-order valence-electron chi connectivity index (χ1n) is 34.3. The Balaban J connectivity index is 0.000000121. The molecule has 479 valence electrons. The van der Waals surface area contributed by atoms with Crippen LogP contribution in [0.25, 0.3) is 183 Å². The summed E-state index contributed by atoms with van der Waals surface area (Å²) in [5.41, 5.74) is 17.4. The van der Waals surface area contributed by atoms with Crippen molar-refractivity contribution in [2.45, 2.75) is 0 Å². The van der Waals surface area contributed by atoms with E-state index in [1.54, 1.807) is 0 Å². The summed E-state index contributed by atoms with van der Waals surface area (Å²) in [7, 11) is 0.759. The van der Waals surface area contributed by atoms with Crippen LogP contribution in [-0.2, 0) is 0 Å². The van der Waals surface area contributed by atoms with Crippen LogP contribution in [0.1, 0.15) is 0 Å². The van der Waals surface area contributed by atoms with Crippen molar-refractivity contribution in [1.29, 1.82) is 0 Å². The molecule has 20 aromatic rings. The molecule has 0 bridgehead atoms. The lowest BCUT2D eigenvalue weighted by Crippen LogP contribution is -2.02. The highest BCUT2D eigenvalue weighted by Crippen LogP contribution is 2.48. The first-order valence-corrected chi connectivity index (χ1v) is 36.8. The molecule has 102 heavy (non-hydrogen) atoms. The molecule has 2 nitrogen and oxygen atoms in total. The maximum atomic E-state index is 9.43. The molecule has 0 unspecified atom stereocenters. The minimum Gasteiger partial charge on any atom is -0.537 e. The quantitative estimate of drug-likeness (QED) is 0.115. The second kappa shape index (κ2) is 27.1. The summed E-state index contributed by atoms with van der Waals surface area (Å²) in [6, 6.07) is 131. The highest BCUT2D eigenvalue weighted by Gasteiger charge is 2.21. The summed E-state index contributed by atoms with van der Waals surface area (Å²) >= 11 is 7.26. The molecule has 0 spiro atoms. The SMILES string of the molecule is Brc1ccc(-c2cccc3c2sc2ccccc23)cc1.O[B]Oc1c2ccccc2c(-c2cccc(-c3cccc4ccccc34)c2)c2ccccc12.c1cc(-c2cccc3ccccc23)cc(-c2c3ccccc3c(-c3ccc(-c4cccc5c4sc4ccccc45)cc3)c3ccccc23)c1. The van der Waals surface area contributed by atoms with Crippen LogP contribution in [0.15, 0.2) is 368 Å². The lowest BCUT2D eigenvalue weighted by Gasteiger charge is -2.18. The van der Waals surface area contributed by atoms with Crippen molar-refractivity contribution in [1.82, 2.24) is 0 Å². The van der Waals surface area contributed by atoms with Crippen molar-refractivity contribution in [2.24, 2.45) is 0 Å². The van der Waals surface area contributed by atoms with Gasteiger partial charge in [0.1, 0.15) is 5.75 Å². The van der Waals surface area contributed by atoms with E-state index < -0.39 is 0 Å². The summed E-state index contributed by atoms with van der Waals surface area (Å²) in [4.78, 5) is 0. The molecule has 2 aromatic heterocycles. The molecule has 18 aromatic carbocycles. The summed E-state index contributed by atoms with van der Waals surface area (Å²) in [5.74, 6) is 0.664. The average molecular weight is 1400 g/mol. The summed E-state index contributed by atoms with van der Waals surface area (Å²) < 4.78 is 12.1. The van der Waals surface area contributed by atoms with Gasteiger partial charge in [-0.15, -0.1) is 22.7 Å². The average Bonchev–Trinajstić information content (AvgIpc) is 1.12. The zero-order chi connectivity index (χ0) is 68.0. The van der Waals surface area contributed by atoms with Crippen LogP contribution in [0.2, 0.25) is 0 Å². The van der Waals surface area contributed by atoms with Crippen molar-refractivity contribution < 1.29 is 9.68 Å². The fourth-order valence-electron chi connectivity index (χ4n) is 15.4. The molecule has 0 amide bonds. The van der Waals surface area contributed by atoms with Gasteiger partial charge in [-0.1, -0.05) is 344 Å². The van der Waals surface area contributed by atoms with Gasteiger partial charge in [-0.25, -0.2) is 0 Å². The Labute approximate surface area is 608 Å². The Morgan fingerprint density at radius 2 is 0.529 bits per heavy atom. The van der Waals surface area contributed by atoms with E-state index in [-0.39, 0.29) is 0 Å². The molecule has 20 rings (SSSR count). The highest BCUT2D eigenvalue weighted by atomic mass is 79.9. The molecule has 0 saturated carbocycles. The predicted octanol–water partition coefficient (Wildman–Crippen LogP) is 28.1. The van der Waals surface area contributed by atoms with Crippen LogP contribution in [-0.4, -0.2) is 12.7 Å². The minimum atomic E-state index is 0.664. The van der Waals surface area contributed by atoms with Crippen molar-refractivity contribution in [3.8, 4) is 83.6 Å². The first-order chi connectivity index (χ1) is 50.5. The standard InChI is InChI=1S/C48H30S.C30H20BO2.C18H11BrS/c1-2-16-36-31(12-1)13-10-22-37(36)34-14-9-15-35(30-34)47-42-20-5-3-18-40(42)46(41-19-4-6-21-43(41)47)33-28-26-32(27-29-33)38-23-11-24-44-39-17-7-8-25-45(39)49-48(38)44;32-31-33-30-27-16-5-3-14-25(27)29(26-15-4-6-17-28(26)30)22-12-7-11-21(19-22)24-18-8-10-20-9-1-2-13-23(20)24;19-13-10-8-12(9-11-13)14-5-3-6-16-15-4-1-2-7-17(15)20-18(14)16/h1-30H;1-19,32H;1-11H. The van der Waals surface area contributed by atoms with Gasteiger partial charge in [-0.05, 0) is 168 Å². The van der Waals surface area contributed by atoms with Gasteiger partial charge in [0.05, 0.1) is 0 Å². The van der Waals surface area contributed by atoms with Gasteiger partial charge >= 0.3 is 7.69 Å². The van der Waals surface area contributed by atoms with Gasteiger partial charge in [0.15, 0.2) is 0 Å². The van der Waals surface area contributed by atoms with E-state index in [0.29, 0.717) is 5.75 Å². The van der Waals surface area contributed by atoms with Crippen molar-refractivity contribution >= 4 is 151 Å². The Hall–Kier alpha value is -11.7. The predicted molar refractivity (Wildman–Crippen MR) is 444 cm³/mol. The number of halogens is 1. The van der Waals surface area contributed by atoms with E-state index >= 15 is 0 Å². The molecule has 0 atom stereocenters. The summed E-state index contributed by atoms with van der Waals surface area (Å²) in [6.07, 6.45) is 0. The second-order valence-corrected chi connectivity index (χ2v) is 28.7. The second-order valence-electron chi connectivity index (χ2n) is 25.7. The fourth-order valence-corrected chi connectivity index (χ4v) is 18.1. The molecule has 0 aliphatic heterocycles. The third-order valence-electron chi connectivity index (χ3n) is 19.9. The molecule has 1 radical (unpaired) electrons. The van der Waals surface area contributed by atoms with Crippen LogP contribution in [0.4, 0.5) is 0 Å². The number of fused-ring (bicyclic) bond motifs is 12. The van der Waals surface area contributed by atoms with Crippen molar-refractivity contribution in [2.75, 3.05) is 0 Å². The highest BCUT2D eigenvalue weighted by molar-refractivity contribution is 9.10. The minimum absolute atomic E-state index is 0.664. The Bertz CT molecular complexity index is 6490. The third kappa shape index (κ3) is 11.4. The van der Waals surface area contributed by atoms with Gasteiger partial charge in [0.25, 0.3) is 0 Å². The number of thiophene rings is 2. The van der Waals surface area contributed by atoms with E-state index in [2.05, 4.69) is 344 Å². The summed E-state index contributed by atoms with van der Waals surface area (Å²) in [6.45, 7) is 0. The van der Waals surface area contributed by atoms with Crippen LogP contribution in [0, 0.1) is 0 Å². The molecule has 2 heterocycles. The van der Waals surface area contributed by atoms with Crippen molar-refractivity contribution in [3.05, 3.63) is 368 Å². The zero-order valence-corrected chi connectivity index (χ0v) is 58.5. The molecular formula is C96H61BBrO2S2. The summed E-state index contributed by atoms with van der Waals surface area (Å²) in [5, 5.41) is 29.0. The molecule has 1 N–H and O–H groups in total. The largest absolute Gasteiger partial charge is 0.569 e. The molecule has 0 saturated heterocycles. The van der Waals surface area contributed by atoms with Gasteiger partial charge in [-0.3, -0.25) is 0 Å². The maximum Gasteiger partial charge on any atom is 0.569 e. The smallest absolute Gasteiger partial charge is 0.537 e. The molecular weight excluding hydrogens is 1340 g/mol.